The predicted molar refractivity (Wildman–Crippen MR) is 75.3 cm³/mol. The molecule has 2 aromatic heterocycles. The zero-order valence-corrected chi connectivity index (χ0v) is 11.7. The van der Waals surface area contributed by atoms with Gasteiger partial charge in [-0.05, 0) is 32.7 Å². The molecule has 5 nitrogen and oxygen atoms in total. The Hall–Kier alpha value is -1.46. The number of aromatic nitrogens is 3. The van der Waals surface area contributed by atoms with Gasteiger partial charge in [0.05, 0.1) is 18.1 Å². The van der Waals surface area contributed by atoms with E-state index in [9.17, 15) is 5.11 Å². The Balaban J connectivity index is 1.77. The highest BCUT2D eigenvalue weighted by molar-refractivity contribution is 5.39. The highest BCUT2D eigenvalue weighted by Gasteiger charge is 2.46. The van der Waals surface area contributed by atoms with Crippen molar-refractivity contribution in [3.8, 4) is 0 Å². The summed E-state index contributed by atoms with van der Waals surface area (Å²) < 4.78 is 1.98. The fourth-order valence-electron chi connectivity index (χ4n) is 4.05. The Labute approximate surface area is 118 Å². The monoisotopic (exact) mass is 272 g/mol. The fourth-order valence-corrected chi connectivity index (χ4v) is 4.05. The molecule has 2 unspecified atom stereocenters. The molecular formula is C15H20N4O. The minimum Gasteiger partial charge on any atom is -0.383 e. The first-order chi connectivity index (χ1) is 9.67. The molecule has 0 radical (unpaired) electrons. The molecule has 0 amide bonds. The first-order valence-electron chi connectivity index (χ1n) is 7.39. The van der Waals surface area contributed by atoms with Gasteiger partial charge in [-0.25, -0.2) is 4.98 Å². The average Bonchev–Trinajstić information content (AvgIpc) is 2.85. The molecule has 20 heavy (non-hydrogen) atoms. The highest BCUT2D eigenvalue weighted by atomic mass is 16.3. The summed E-state index contributed by atoms with van der Waals surface area (Å²) in [6.45, 7) is 0. The topological polar surface area (TPSA) is 53.7 Å². The average molecular weight is 272 g/mol. The summed E-state index contributed by atoms with van der Waals surface area (Å²) in [4.78, 5) is 10.9. The Morgan fingerprint density at radius 1 is 1.25 bits per heavy atom. The van der Waals surface area contributed by atoms with E-state index in [1.165, 1.54) is 19.3 Å². The SMILES string of the molecule is CN1C2CCCC1CC(O)(c1cnc3cnccn13)C2. The molecule has 0 saturated carbocycles. The summed E-state index contributed by atoms with van der Waals surface area (Å²) in [5, 5.41) is 11.2. The molecule has 106 valence electrons. The zero-order valence-electron chi connectivity index (χ0n) is 11.7. The van der Waals surface area contributed by atoms with E-state index in [0.29, 0.717) is 12.1 Å². The molecule has 2 fully saturated rings. The number of nitrogens with zero attached hydrogens (tertiary/aromatic N) is 4. The second-order valence-electron chi connectivity index (χ2n) is 6.29. The van der Waals surface area contributed by atoms with Crippen molar-refractivity contribution in [2.75, 3.05) is 7.05 Å². The quantitative estimate of drug-likeness (QED) is 0.856. The van der Waals surface area contributed by atoms with Crippen LogP contribution in [-0.4, -0.2) is 43.5 Å². The third-order valence-electron chi connectivity index (χ3n) is 5.17. The third kappa shape index (κ3) is 1.70. The Kier molecular flexibility index (Phi) is 2.62. The van der Waals surface area contributed by atoms with Crippen molar-refractivity contribution < 1.29 is 5.11 Å². The third-order valence-corrected chi connectivity index (χ3v) is 5.17. The van der Waals surface area contributed by atoms with E-state index >= 15 is 0 Å². The van der Waals surface area contributed by atoms with Gasteiger partial charge in [0.15, 0.2) is 5.65 Å². The molecule has 2 aliphatic rings. The van der Waals surface area contributed by atoms with Crippen LogP contribution in [0.5, 0.6) is 0 Å². The van der Waals surface area contributed by atoms with Gasteiger partial charge in [0, 0.05) is 24.5 Å². The van der Waals surface area contributed by atoms with E-state index in [1.54, 1.807) is 12.4 Å². The molecule has 5 heteroatoms. The molecule has 4 rings (SSSR count). The Morgan fingerprint density at radius 3 is 2.75 bits per heavy atom. The van der Waals surface area contributed by atoms with E-state index in [2.05, 4.69) is 21.9 Å². The van der Waals surface area contributed by atoms with Crippen LogP contribution in [0.15, 0.2) is 24.8 Å². The number of fused-ring (bicyclic) bond motifs is 3. The molecular weight excluding hydrogens is 252 g/mol. The van der Waals surface area contributed by atoms with Gasteiger partial charge in [-0.2, -0.15) is 0 Å². The molecule has 2 atom stereocenters. The molecule has 0 aromatic carbocycles. The number of piperidine rings is 2. The fraction of sp³-hybridized carbons (Fsp3) is 0.600. The normalized spacial score (nSPS) is 34.5. The van der Waals surface area contributed by atoms with Crippen molar-refractivity contribution in [3.63, 3.8) is 0 Å². The van der Waals surface area contributed by atoms with Crippen LogP contribution in [0.1, 0.15) is 37.8 Å². The molecule has 2 saturated heterocycles. The maximum absolute atomic E-state index is 11.2. The van der Waals surface area contributed by atoms with Crippen molar-refractivity contribution in [3.05, 3.63) is 30.5 Å². The van der Waals surface area contributed by atoms with Crippen LogP contribution in [-0.2, 0) is 5.60 Å². The highest BCUT2D eigenvalue weighted by Crippen LogP contribution is 2.43. The van der Waals surface area contributed by atoms with Gasteiger partial charge in [0.2, 0.25) is 0 Å². The smallest absolute Gasteiger partial charge is 0.155 e. The number of aliphatic hydroxyl groups is 1. The first-order valence-corrected chi connectivity index (χ1v) is 7.39. The second-order valence-corrected chi connectivity index (χ2v) is 6.29. The lowest BCUT2D eigenvalue weighted by Gasteiger charge is -2.50. The van der Waals surface area contributed by atoms with Gasteiger partial charge in [0.1, 0.15) is 5.60 Å². The summed E-state index contributed by atoms with van der Waals surface area (Å²) in [5.41, 5.74) is 0.961. The van der Waals surface area contributed by atoms with E-state index < -0.39 is 5.60 Å². The van der Waals surface area contributed by atoms with Gasteiger partial charge in [-0.3, -0.25) is 9.38 Å². The van der Waals surface area contributed by atoms with Crippen molar-refractivity contribution in [1.29, 1.82) is 0 Å². The standard InChI is InChI=1S/C15H20N4O/c1-18-11-3-2-4-12(18)8-15(20,7-11)13-9-17-14-10-16-5-6-19(13)14/h5-6,9-12,20H,2-4,7-8H2,1H3. The van der Waals surface area contributed by atoms with Crippen molar-refractivity contribution >= 4 is 5.65 Å². The van der Waals surface area contributed by atoms with Crippen LogP contribution in [0.4, 0.5) is 0 Å². The van der Waals surface area contributed by atoms with Crippen LogP contribution in [0.3, 0.4) is 0 Å². The summed E-state index contributed by atoms with van der Waals surface area (Å²) in [7, 11) is 2.20. The largest absolute Gasteiger partial charge is 0.383 e. The lowest BCUT2D eigenvalue weighted by Crippen LogP contribution is -2.55. The van der Waals surface area contributed by atoms with Crippen LogP contribution < -0.4 is 0 Å². The summed E-state index contributed by atoms with van der Waals surface area (Å²) in [5.74, 6) is 0. The number of hydrogen-bond acceptors (Lipinski definition) is 4. The van der Waals surface area contributed by atoms with E-state index in [-0.39, 0.29) is 0 Å². The maximum atomic E-state index is 11.2. The van der Waals surface area contributed by atoms with Crippen LogP contribution in [0.25, 0.3) is 5.65 Å². The molecule has 2 aromatic rings. The Bertz CT molecular complexity index is 624. The minimum absolute atomic E-state index is 0.486. The van der Waals surface area contributed by atoms with Crippen LogP contribution in [0, 0.1) is 0 Å². The van der Waals surface area contributed by atoms with Gasteiger partial charge in [-0.15, -0.1) is 0 Å². The molecule has 2 bridgehead atoms. The molecule has 1 N–H and O–H groups in total. The maximum Gasteiger partial charge on any atom is 0.155 e. The van der Waals surface area contributed by atoms with E-state index in [0.717, 1.165) is 24.2 Å². The number of rotatable bonds is 1. The van der Waals surface area contributed by atoms with E-state index in [4.69, 9.17) is 0 Å². The lowest BCUT2D eigenvalue weighted by atomic mass is 9.74. The minimum atomic E-state index is -0.761. The van der Waals surface area contributed by atoms with E-state index in [1.807, 2.05) is 16.8 Å². The van der Waals surface area contributed by atoms with Crippen molar-refractivity contribution in [2.45, 2.75) is 49.8 Å². The van der Waals surface area contributed by atoms with Gasteiger partial charge in [-0.1, -0.05) is 6.42 Å². The molecule has 4 heterocycles. The lowest BCUT2D eigenvalue weighted by molar-refractivity contribution is -0.0903. The summed E-state index contributed by atoms with van der Waals surface area (Å²) in [6, 6.07) is 0.972. The molecule has 0 aliphatic carbocycles. The molecule has 2 aliphatic heterocycles. The second kappa shape index (κ2) is 4.27. The van der Waals surface area contributed by atoms with Crippen LogP contribution in [0.2, 0.25) is 0 Å². The summed E-state index contributed by atoms with van der Waals surface area (Å²) >= 11 is 0. The van der Waals surface area contributed by atoms with Crippen molar-refractivity contribution in [1.82, 2.24) is 19.3 Å². The van der Waals surface area contributed by atoms with Gasteiger partial charge < -0.3 is 10.0 Å². The van der Waals surface area contributed by atoms with Crippen LogP contribution >= 0.6 is 0 Å². The van der Waals surface area contributed by atoms with Gasteiger partial charge >= 0.3 is 0 Å². The van der Waals surface area contributed by atoms with Crippen molar-refractivity contribution in [2.24, 2.45) is 0 Å². The number of imidazole rings is 1. The zero-order chi connectivity index (χ0) is 13.7. The predicted octanol–water partition coefficient (Wildman–Crippen LogP) is 1.56. The Morgan fingerprint density at radius 2 is 2.00 bits per heavy atom. The first kappa shape index (κ1) is 12.3. The molecule has 0 spiro atoms. The number of hydrogen-bond donors (Lipinski definition) is 1. The van der Waals surface area contributed by atoms with Gasteiger partial charge in [0.25, 0.3) is 0 Å². The summed E-state index contributed by atoms with van der Waals surface area (Å²) in [6.07, 6.45) is 12.5.